The molecule has 2 N–H and O–H groups in total. The van der Waals surface area contributed by atoms with Crippen LogP contribution < -0.4 is 10.6 Å². The average molecular weight is 248 g/mol. The zero-order valence-electron chi connectivity index (χ0n) is 10.5. The first-order valence-corrected chi connectivity index (χ1v) is 6.03. The molecule has 0 amide bonds. The van der Waals surface area contributed by atoms with E-state index in [0.29, 0.717) is 5.56 Å². The molecule has 0 unspecified atom stereocenters. The van der Waals surface area contributed by atoms with Gasteiger partial charge in [0, 0.05) is 13.1 Å². The van der Waals surface area contributed by atoms with Crippen LogP contribution >= 0.6 is 0 Å². The van der Waals surface area contributed by atoms with Gasteiger partial charge in [0.2, 0.25) is 0 Å². The van der Waals surface area contributed by atoms with Crippen molar-refractivity contribution in [2.45, 2.75) is 13.1 Å². The summed E-state index contributed by atoms with van der Waals surface area (Å²) in [6, 6.07) is 19.8. The minimum atomic E-state index is 0.683. The number of nitriles is 1. The van der Waals surface area contributed by atoms with Gasteiger partial charge < -0.3 is 5.32 Å². The molecule has 2 rings (SSSR count). The number of hydrogen-bond donors (Lipinski definition) is 2. The minimum Gasteiger partial charge on any atom is -0.309 e. The molecule has 19 heavy (non-hydrogen) atoms. The molecule has 3 heteroatoms. The zero-order chi connectivity index (χ0) is 13.5. The standard InChI is InChI=1S/C16H13N3/c17-9-13-1-5-15(6-2-13)11-19-12-16-7-3-14(10-18)4-8-16/h1-8,19H,11-12H2/p+1. The molecule has 0 radical (unpaired) electrons. The van der Waals surface area contributed by atoms with Gasteiger partial charge in [-0.2, -0.15) is 5.26 Å². The SMILES string of the molecule is N#Cc1ccc(CNCc2ccc(C#[NH+])cc2)cc1. The van der Waals surface area contributed by atoms with Crippen molar-refractivity contribution in [3.05, 3.63) is 70.8 Å². The fraction of sp³-hybridized carbons (Fsp3) is 0.125. The van der Waals surface area contributed by atoms with Crippen LogP contribution in [0.4, 0.5) is 0 Å². The Morgan fingerprint density at radius 2 is 1.32 bits per heavy atom. The van der Waals surface area contributed by atoms with Crippen LogP contribution in [-0.4, -0.2) is 0 Å². The van der Waals surface area contributed by atoms with Crippen molar-refractivity contribution in [3.8, 4) is 12.1 Å². The fourth-order valence-corrected chi connectivity index (χ4v) is 1.75. The van der Waals surface area contributed by atoms with Gasteiger partial charge in [0.05, 0.1) is 11.6 Å². The van der Waals surface area contributed by atoms with E-state index >= 15 is 0 Å². The largest absolute Gasteiger partial charge is 0.309 e. The van der Waals surface area contributed by atoms with Gasteiger partial charge in [-0.1, -0.05) is 29.5 Å². The van der Waals surface area contributed by atoms with Gasteiger partial charge in [-0.25, -0.2) is 0 Å². The first-order valence-electron chi connectivity index (χ1n) is 6.03. The van der Waals surface area contributed by atoms with Crippen molar-refractivity contribution in [1.29, 1.82) is 5.26 Å². The highest BCUT2D eigenvalue weighted by Gasteiger charge is 1.97. The Balaban J connectivity index is 1.85. The Morgan fingerprint density at radius 3 is 1.74 bits per heavy atom. The van der Waals surface area contributed by atoms with Crippen molar-refractivity contribution in [2.24, 2.45) is 0 Å². The van der Waals surface area contributed by atoms with E-state index in [0.717, 1.165) is 24.2 Å². The van der Waals surface area contributed by atoms with E-state index in [1.54, 1.807) is 0 Å². The summed E-state index contributed by atoms with van der Waals surface area (Å²) in [7, 11) is 0. The van der Waals surface area contributed by atoms with Gasteiger partial charge in [0.25, 0.3) is 0 Å². The third kappa shape index (κ3) is 3.67. The first-order chi connectivity index (χ1) is 9.31. The Bertz CT molecular complexity index is 556. The van der Waals surface area contributed by atoms with Crippen LogP contribution in [0.2, 0.25) is 0 Å². The summed E-state index contributed by atoms with van der Waals surface area (Å²) in [6.45, 7) is 1.54. The second kappa shape index (κ2) is 6.35. The molecule has 0 bridgehead atoms. The van der Waals surface area contributed by atoms with E-state index in [2.05, 4.69) is 17.5 Å². The summed E-state index contributed by atoms with van der Waals surface area (Å²) in [5, 5.41) is 19.1. The van der Waals surface area contributed by atoms with Crippen LogP contribution in [0, 0.1) is 17.4 Å². The molecular weight excluding hydrogens is 234 g/mol. The second-order valence-electron chi connectivity index (χ2n) is 4.23. The minimum absolute atomic E-state index is 0.683. The maximum atomic E-state index is 8.71. The monoisotopic (exact) mass is 248 g/mol. The highest BCUT2D eigenvalue weighted by molar-refractivity contribution is 5.32. The smallest absolute Gasteiger partial charge is 0.308 e. The predicted molar refractivity (Wildman–Crippen MR) is 72.1 cm³/mol. The lowest BCUT2D eigenvalue weighted by Crippen LogP contribution is -2.17. The van der Waals surface area contributed by atoms with Crippen LogP contribution in [0.25, 0.3) is 0 Å². The van der Waals surface area contributed by atoms with Crippen molar-refractivity contribution >= 4 is 0 Å². The van der Waals surface area contributed by atoms with E-state index in [9.17, 15) is 0 Å². The summed E-state index contributed by atoms with van der Waals surface area (Å²) < 4.78 is 0. The molecule has 0 aliphatic carbocycles. The molecule has 0 aliphatic rings. The van der Waals surface area contributed by atoms with Crippen molar-refractivity contribution in [1.82, 2.24) is 5.32 Å². The summed E-state index contributed by atoms with van der Waals surface area (Å²) in [5.41, 5.74) is 3.80. The highest BCUT2D eigenvalue weighted by atomic mass is 14.8. The first kappa shape index (κ1) is 12.8. The number of rotatable bonds is 4. The van der Waals surface area contributed by atoms with E-state index in [1.165, 1.54) is 5.56 Å². The number of benzene rings is 2. The van der Waals surface area contributed by atoms with Gasteiger partial charge in [0.15, 0.2) is 0 Å². The Kier molecular flexibility index (Phi) is 4.29. The molecular formula is C16H14N3+. The fourth-order valence-electron chi connectivity index (χ4n) is 1.75. The molecule has 2 aromatic rings. The molecule has 0 saturated heterocycles. The van der Waals surface area contributed by atoms with E-state index in [1.807, 2.05) is 48.5 Å². The van der Waals surface area contributed by atoms with E-state index in [-0.39, 0.29) is 0 Å². The molecule has 3 nitrogen and oxygen atoms in total. The average Bonchev–Trinajstić information content (AvgIpc) is 2.49. The van der Waals surface area contributed by atoms with Crippen molar-refractivity contribution in [2.75, 3.05) is 0 Å². The number of nitrogens with zero attached hydrogens (tertiary/aromatic N) is 1. The van der Waals surface area contributed by atoms with Crippen LogP contribution in [0.1, 0.15) is 22.3 Å². The topological polar surface area (TPSA) is 59.6 Å². The van der Waals surface area contributed by atoms with Gasteiger partial charge in [0.1, 0.15) is 5.56 Å². The molecule has 0 atom stereocenters. The summed E-state index contributed by atoms with van der Waals surface area (Å²) in [5.74, 6) is 0. The van der Waals surface area contributed by atoms with Crippen molar-refractivity contribution < 1.29 is 5.26 Å². The van der Waals surface area contributed by atoms with Gasteiger partial charge in [-0.15, -0.1) is 0 Å². The van der Waals surface area contributed by atoms with Gasteiger partial charge >= 0.3 is 6.07 Å². The molecule has 0 spiro atoms. The molecule has 2 aromatic carbocycles. The van der Waals surface area contributed by atoms with Crippen molar-refractivity contribution in [3.63, 3.8) is 0 Å². The van der Waals surface area contributed by atoms with Crippen LogP contribution in [0.5, 0.6) is 0 Å². The van der Waals surface area contributed by atoms with Gasteiger partial charge in [-0.3, -0.25) is 0 Å². The van der Waals surface area contributed by atoms with Gasteiger partial charge in [-0.05, 0) is 35.4 Å². The summed E-state index contributed by atoms with van der Waals surface area (Å²) >= 11 is 0. The Labute approximate surface area is 112 Å². The highest BCUT2D eigenvalue weighted by Crippen LogP contribution is 2.05. The molecule has 0 fully saturated rings. The molecule has 0 saturated carbocycles. The quantitative estimate of drug-likeness (QED) is 0.847. The normalized spacial score (nSPS) is 9.58. The number of hydrogen-bond acceptors (Lipinski definition) is 2. The van der Waals surface area contributed by atoms with Crippen LogP contribution in [0.15, 0.2) is 48.5 Å². The molecule has 0 aliphatic heterocycles. The predicted octanol–water partition coefficient (Wildman–Crippen LogP) is 0.969. The van der Waals surface area contributed by atoms with Crippen LogP contribution in [-0.2, 0) is 13.1 Å². The Morgan fingerprint density at radius 1 is 0.842 bits per heavy atom. The maximum absolute atomic E-state index is 8.71. The zero-order valence-corrected chi connectivity index (χ0v) is 10.5. The third-order valence-electron chi connectivity index (χ3n) is 2.84. The van der Waals surface area contributed by atoms with E-state index in [4.69, 9.17) is 10.5 Å². The molecule has 92 valence electrons. The second-order valence-corrected chi connectivity index (χ2v) is 4.23. The molecule has 0 heterocycles. The summed E-state index contributed by atoms with van der Waals surface area (Å²) in [6.07, 6.45) is 0. The maximum Gasteiger partial charge on any atom is 0.308 e. The molecule has 0 aromatic heterocycles. The Hall–Kier alpha value is -2.62. The summed E-state index contributed by atoms with van der Waals surface area (Å²) in [4.78, 5) is 0. The lowest BCUT2D eigenvalue weighted by atomic mass is 10.1. The third-order valence-corrected chi connectivity index (χ3v) is 2.84. The van der Waals surface area contributed by atoms with Crippen LogP contribution in [0.3, 0.4) is 0 Å². The lowest BCUT2D eigenvalue weighted by Gasteiger charge is -2.05. The van der Waals surface area contributed by atoms with E-state index < -0.39 is 0 Å². The lowest BCUT2D eigenvalue weighted by molar-refractivity contribution is -0.0909. The number of nitrogens with one attached hydrogen (secondary N) is 2.